The van der Waals surface area contributed by atoms with Gasteiger partial charge in [0.25, 0.3) is 0 Å². The molecule has 0 aliphatic carbocycles. The zero-order chi connectivity index (χ0) is 13.4. The van der Waals surface area contributed by atoms with E-state index in [2.05, 4.69) is 11.9 Å². The summed E-state index contributed by atoms with van der Waals surface area (Å²) in [6.45, 7) is 4.97. The second kappa shape index (κ2) is 7.84. The molecule has 2 N–H and O–H groups in total. The van der Waals surface area contributed by atoms with Crippen molar-refractivity contribution in [3.8, 4) is 0 Å². The second-order valence-electron chi connectivity index (χ2n) is 4.01. The summed E-state index contributed by atoms with van der Waals surface area (Å²) in [5.41, 5.74) is 0. The normalized spacial score (nSPS) is 22.7. The van der Waals surface area contributed by atoms with Crippen LogP contribution in [0.1, 0.15) is 19.3 Å². The Labute approximate surface area is 106 Å². The molecular formula is C12H19NO5. The van der Waals surface area contributed by atoms with Crippen molar-refractivity contribution < 1.29 is 24.2 Å². The maximum absolute atomic E-state index is 11.6. The third-order valence-electron chi connectivity index (χ3n) is 2.60. The van der Waals surface area contributed by atoms with Crippen molar-refractivity contribution in [2.24, 2.45) is 0 Å². The Kier molecular flexibility index (Phi) is 6.38. The van der Waals surface area contributed by atoms with Crippen molar-refractivity contribution in [2.75, 3.05) is 19.8 Å². The fourth-order valence-electron chi connectivity index (χ4n) is 1.64. The van der Waals surface area contributed by atoms with Gasteiger partial charge in [0.05, 0.1) is 13.2 Å². The molecule has 1 rings (SSSR count). The van der Waals surface area contributed by atoms with Crippen molar-refractivity contribution in [1.82, 2.24) is 5.32 Å². The number of carboxylic acids is 1. The molecule has 102 valence electrons. The van der Waals surface area contributed by atoms with Gasteiger partial charge in [0.15, 0.2) is 6.10 Å². The van der Waals surface area contributed by atoms with Gasteiger partial charge in [-0.25, -0.2) is 4.79 Å². The molecule has 0 radical (unpaired) electrons. The van der Waals surface area contributed by atoms with Crippen molar-refractivity contribution in [1.29, 1.82) is 0 Å². The molecule has 0 spiro atoms. The Morgan fingerprint density at radius 2 is 2.11 bits per heavy atom. The summed E-state index contributed by atoms with van der Waals surface area (Å²) >= 11 is 0. The Hall–Kier alpha value is -1.40. The number of carbonyl (C=O) groups is 2. The van der Waals surface area contributed by atoms with Crippen LogP contribution in [0.4, 0.5) is 0 Å². The van der Waals surface area contributed by atoms with Gasteiger partial charge in [-0.1, -0.05) is 6.08 Å². The molecular weight excluding hydrogens is 238 g/mol. The van der Waals surface area contributed by atoms with Crippen LogP contribution in [0.25, 0.3) is 0 Å². The molecule has 6 nitrogen and oxygen atoms in total. The lowest BCUT2D eigenvalue weighted by molar-refractivity contribution is -0.151. The lowest BCUT2D eigenvalue weighted by Gasteiger charge is -2.11. The van der Waals surface area contributed by atoms with Crippen LogP contribution in [0, 0.1) is 0 Å². The molecule has 6 heteroatoms. The molecule has 1 amide bonds. The van der Waals surface area contributed by atoms with Crippen LogP contribution < -0.4 is 5.32 Å². The average molecular weight is 257 g/mol. The zero-order valence-electron chi connectivity index (χ0n) is 10.3. The SMILES string of the molecule is C=CCCOCCNC(=O)C1CCC(C(=O)O)O1. The fraction of sp³-hybridized carbons (Fsp3) is 0.667. The molecule has 0 aromatic rings. The predicted octanol–water partition coefficient (Wildman–Crippen LogP) is 0.327. The summed E-state index contributed by atoms with van der Waals surface area (Å²) in [5, 5.41) is 11.4. The van der Waals surface area contributed by atoms with Crippen LogP contribution >= 0.6 is 0 Å². The number of hydrogen-bond acceptors (Lipinski definition) is 4. The van der Waals surface area contributed by atoms with Gasteiger partial charge in [0.2, 0.25) is 5.91 Å². The molecule has 1 aliphatic heterocycles. The summed E-state index contributed by atoms with van der Waals surface area (Å²) in [7, 11) is 0. The lowest BCUT2D eigenvalue weighted by atomic mass is 10.2. The fourth-order valence-corrected chi connectivity index (χ4v) is 1.64. The highest BCUT2D eigenvalue weighted by atomic mass is 16.5. The molecule has 1 heterocycles. The van der Waals surface area contributed by atoms with E-state index >= 15 is 0 Å². The van der Waals surface area contributed by atoms with Gasteiger partial charge in [-0.15, -0.1) is 6.58 Å². The van der Waals surface area contributed by atoms with Crippen LogP contribution in [0.3, 0.4) is 0 Å². The van der Waals surface area contributed by atoms with Crippen molar-refractivity contribution in [3.63, 3.8) is 0 Å². The van der Waals surface area contributed by atoms with Gasteiger partial charge in [-0.05, 0) is 19.3 Å². The number of aliphatic carboxylic acids is 1. The van der Waals surface area contributed by atoms with Crippen LogP contribution in [-0.2, 0) is 19.1 Å². The van der Waals surface area contributed by atoms with E-state index < -0.39 is 18.2 Å². The summed E-state index contributed by atoms with van der Waals surface area (Å²) < 4.78 is 10.3. The van der Waals surface area contributed by atoms with Crippen LogP contribution in [0.2, 0.25) is 0 Å². The van der Waals surface area contributed by atoms with E-state index in [0.29, 0.717) is 32.6 Å². The molecule has 0 aromatic carbocycles. The first kappa shape index (κ1) is 14.7. The topological polar surface area (TPSA) is 84.9 Å². The smallest absolute Gasteiger partial charge is 0.332 e. The molecule has 1 saturated heterocycles. The highest BCUT2D eigenvalue weighted by Gasteiger charge is 2.34. The molecule has 1 fully saturated rings. The average Bonchev–Trinajstić information content (AvgIpc) is 2.83. The van der Waals surface area contributed by atoms with E-state index in [-0.39, 0.29) is 5.91 Å². The Morgan fingerprint density at radius 1 is 1.39 bits per heavy atom. The van der Waals surface area contributed by atoms with E-state index in [1.54, 1.807) is 6.08 Å². The number of hydrogen-bond donors (Lipinski definition) is 2. The predicted molar refractivity (Wildman–Crippen MR) is 64.2 cm³/mol. The van der Waals surface area contributed by atoms with E-state index in [9.17, 15) is 9.59 Å². The van der Waals surface area contributed by atoms with Crippen LogP contribution in [0.5, 0.6) is 0 Å². The molecule has 0 aromatic heterocycles. The Bertz CT molecular complexity index is 305. The first-order valence-electron chi connectivity index (χ1n) is 5.99. The maximum atomic E-state index is 11.6. The number of carboxylic acid groups (broad SMARTS) is 1. The molecule has 1 aliphatic rings. The van der Waals surface area contributed by atoms with Crippen LogP contribution in [-0.4, -0.2) is 48.9 Å². The largest absolute Gasteiger partial charge is 0.479 e. The highest BCUT2D eigenvalue weighted by Crippen LogP contribution is 2.19. The number of amides is 1. The monoisotopic (exact) mass is 257 g/mol. The summed E-state index contributed by atoms with van der Waals surface area (Å²) in [6.07, 6.45) is 1.85. The minimum Gasteiger partial charge on any atom is -0.479 e. The minimum atomic E-state index is -1.02. The number of carbonyl (C=O) groups excluding carboxylic acids is 1. The van der Waals surface area contributed by atoms with Crippen LogP contribution in [0.15, 0.2) is 12.7 Å². The van der Waals surface area contributed by atoms with Crippen molar-refractivity contribution in [2.45, 2.75) is 31.5 Å². The standard InChI is InChI=1S/C12H19NO5/c1-2-3-7-17-8-6-13-11(14)9-4-5-10(18-9)12(15)16/h2,9-10H,1,3-8H2,(H,13,14)(H,15,16). The lowest BCUT2D eigenvalue weighted by Crippen LogP contribution is -2.37. The van der Waals surface area contributed by atoms with E-state index in [4.69, 9.17) is 14.6 Å². The molecule has 0 bridgehead atoms. The number of nitrogens with one attached hydrogen (secondary N) is 1. The quantitative estimate of drug-likeness (QED) is 0.483. The maximum Gasteiger partial charge on any atom is 0.332 e. The second-order valence-corrected chi connectivity index (χ2v) is 4.01. The van der Waals surface area contributed by atoms with Gasteiger partial charge in [0, 0.05) is 6.54 Å². The summed E-state index contributed by atoms with van der Waals surface area (Å²) in [5.74, 6) is -1.29. The molecule has 2 atom stereocenters. The Balaban J connectivity index is 2.10. The first-order valence-corrected chi connectivity index (χ1v) is 5.99. The summed E-state index contributed by atoms with van der Waals surface area (Å²) in [4.78, 5) is 22.2. The van der Waals surface area contributed by atoms with Gasteiger partial charge in [-0.2, -0.15) is 0 Å². The Morgan fingerprint density at radius 3 is 2.72 bits per heavy atom. The van der Waals surface area contributed by atoms with E-state index in [1.165, 1.54) is 0 Å². The first-order chi connectivity index (χ1) is 8.65. The van der Waals surface area contributed by atoms with Crippen molar-refractivity contribution in [3.05, 3.63) is 12.7 Å². The van der Waals surface area contributed by atoms with Gasteiger partial charge in [-0.3, -0.25) is 4.79 Å². The van der Waals surface area contributed by atoms with Gasteiger partial charge in [0.1, 0.15) is 6.10 Å². The highest BCUT2D eigenvalue weighted by molar-refractivity contribution is 5.82. The number of ether oxygens (including phenoxy) is 2. The summed E-state index contributed by atoms with van der Waals surface area (Å²) in [6, 6.07) is 0. The zero-order valence-corrected chi connectivity index (χ0v) is 10.3. The van der Waals surface area contributed by atoms with Gasteiger partial charge >= 0.3 is 5.97 Å². The molecule has 0 saturated carbocycles. The molecule has 2 unspecified atom stereocenters. The van der Waals surface area contributed by atoms with E-state index in [0.717, 1.165) is 6.42 Å². The van der Waals surface area contributed by atoms with Gasteiger partial charge < -0.3 is 19.9 Å². The molecule has 18 heavy (non-hydrogen) atoms. The van der Waals surface area contributed by atoms with Crippen molar-refractivity contribution >= 4 is 11.9 Å². The minimum absolute atomic E-state index is 0.272. The van der Waals surface area contributed by atoms with E-state index in [1.807, 2.05) is 0 Å². The third-order valence-corrected chi connectivity index (χ3v) is 2.60. The third kappa shape index (κ3) is 4.85. The number of rotatable bonds is 8.